The molecule has 3 nitrogen and oxygen atoms in total. The van der Waals surface area contributed by atoms with Gasteiger partial charge in [0.05, 0.1) is 6.61 Å². The fourth-order valence-electron chi connectivity index (χ4n) is 2.46. The normalized spacial score (nSPS) is 27.9. The molecule has 1 aliphatic rings. The van der Waals surface area contributed by atoms with E-state index in [1.165, 1.54) is 12.8 Å². The molecule has 0 aromatic rings. The lowest BCUT2D eigenvalue weighted by atomic mass is 10.0. The minimum atomic E-state index is 0.130. The summed E-state index contributed by atoms with van der Waals surface area (Å²) in [5.74, 6) is 0. The van der Waals surface area contributed by atoms with Crippen molar-refractivity contribution in [2.24, 2.45) is 5.73 Å². The summed E-state index contributed by atoms with van der Waals surface area (Å²) < 4.78 is 0. The minimum Gasteiger partial charge on any atom is -0.395 e. The fourth-order valence-corrected chi connectivity index (χ4v) is 2.46. The Labute approximate surface area is 87.3 Å². The molecule has 1 fully saturated rings. The van der Waals surface area contributed by atoms with E-state index >= 15 is 0 Å². The van der Waals surface area contributed by atoms with Gasteiger partial charge in [-0.1, -0.05) is 13.3 Å². The van der Waals surface area contributed by atoms with Gasteiger partial charge >= 0.3 is 0 Å². The number of likely N-dealkylation sites (tertiary alicyclic amines) is 1. The summed E-state index contributed by atoms with van der Waals surface area (Å²) in [6.07, 6.45) is 4.60. The Morgan fingerprint density at radius 3 is 2.71 bits per heavy atom. The van der Waals surface area contributed by atoms with Crippen molar-refractivity contribution in [3.05, 3.63) is 0 Å². The van der Waals surface area contributed by atoms with E-state index in [4.69, 9.17) is 5.73 Å². The van der Waals surface area contributed by atoms with E-state index in [1.54, 1.807) is 0 Å². The van der Waals surface area contributed by atoms with Crippen LogP contribution in [0, 0.1) is 0 Å². The summed E-state index contributed by atoms with van der Waals surface area (Å²) in [6.45, 7) is 5.67. The van der Waals surface area contributed by atoms with Gasteiger partial charge in [-0.2, -0.15) is 0 Å². The van der Waals surface area contributed by atoms with Crippen LogP contribution in [0.15, 0.2) is 0 Å². The zero-order valence-electron chi connectivity index (χ0n) is 9.45. The van der Waals surface area contributed by atoms with E-state index in [-0.39, 0.29) is 18.7 Å². The van der Waals surface area contributed by atoms with Crippen molar-refractivity contribution in [2.45, 2.75) is 57.7 Å². The van der Waals surface area contributed by atoms with E-state index in [2.05, 4.69) is 18.7 Å². The summed E-state index contributed by atoms with van der Waals surface area (Å²) in [5, 5.41) is 9.38. The van der Waals surface area contributed by atoms with Crippen molar-refractivity contribution >= 4 is 0 Å². The van der Waals surface area contributed by atoms with Crippen molar-refractivity contribution in [2.75, 3.05) is 13.2 Å². The Balaban J connectivity index is 2.51. The lowest BCUT2D eigenvalue weighted by Gasteiger charge is -2.34. The zero-order valence-corrected chi connectivity index (χ0v) is 9.45. The van der Waals surface area contributed by atoms with Gasteiger partial charge in [0.15, 0.2) is 0 Å². The molecule has 1 heterocycles. The molecule has 1 rings (SSSR count). The molecule has 3 atom stereocenters. The number of hydrogen-bond donors (Lipinski definition) is 2. The largest absolute Gasteiger partial charge is 0.395 e. The molecule has 0 radical (unpaired) electrons. The maximum absolute atomic E-state index is 9.38. The quantitative estimate of drug-likeness (QED) is 0.695. The number of aliphatic hydroxyl groups is 1. The average Bonchev–Trinajstić information content (AvgIpc) is 2.54. The Morgan fingerprint density at radius 1 is 1.57 bits per heavy atom. The second kappa shape index (κ2) is 5.69. The van der Waals surface area contributed by atoms with Crippen molar-refractivity contribution < 1.29 is 5.11 Å². The number of nitrogens with two attached hydrogens (primary N) is 1. The lowest BCUT2D eigenvalue weighted by Crippen LogP contribution is -2.51. The number of rotatable bonds is 5. The summed E-state index contributed by atoms with van der Waals surface area (Å²) in [6, 6.07) is 0.896. The van der Waals surface area contributed by atoms with E-state index in [9.17, 15) is 5.11 Å². The van der Waals surface area contributed by atoms with Crippen LogP contribution in [0.5, 0.6) is 0 Å². The number of hydrogen-bond acceptors (Lipinski definition) is 3. The summed E-state index contributed by atoms with van der Waals surface area (Å²) >= 11 is 0. The highest BCUT2D eigenvalue weighted by Crippen LogP contribution is 2.21. The lowest BCUT2D eigenvalue weighted by molar-refractivity contribution is 0.0964. The Kier molecular flexibility index (Phi) is 4.85. The van der Waals surface area contributed by atoms with Crippen molar-refractivity contribution in [3.63, 3.8) is 0 Å². The van der Waals surface area contributed by atoms with Crippen LogP contribution in [-0.2, 0) is 0 Å². The standard InChI is InChI=1S/C11H24N2O/c1-3-5-10(12)11(8-14)13-7-4-6-9(13)2/h9-11,14H,3-8,12H2,1-2H3. The Morgan fingerprint density at radius 2 is 2.29 bits per heavy atom. The SMILES string of the molecule is CCCC(N)C(CO)N1CCCC1C. The summed E-state index contributed by atoms with van der Waals surface area (Å²) in [4.78, 5) is 2.38. The van der Waals surface area contributed by atoms with Gasteiger partial charge < -0.3 is 10.8 Å². The van der Waals surface area contributed by atoms with Crippen LogP contribution in [0.2, 0.25) is 0 Å². The van der Waals surface area contributed by atoms with Gasteiger partial charge in [-0.25, -0.2) is 0 Å². The van der Waals surface area contributed by atoms with Crippen molar-refractivity contribution in [3.8, 4) is 0 Å². The van der Waals surface area contributed by atoms with Crippen molar-refractivity contribution in [1.29, 1.82) is 0 Å². The highest BCUT2D eigenvalue weighted by molar-refractivity contribution is 4.87. The summed E-state index contributed by atoms with van der Waals surface area (Å²) in [7, 11) is 0. The van der Waals surface area contributed by atoms with Crippen LogP contribution >= 0.6 is 0 Å². The van der Waals surface area contributed by atoms with Crippen LogP contribution in [0.3, 0.4) is 0 Å². The molecule has 0 saturated carbocycles. The first kappa shape index (κ1) is 12.0. The first-order chi connectivity index (χ1) is 6.70. The molecular formula is C11H24N2O. The van der Waals surface area contributed by atoms with Crippen LogP contribution in [0.25, 0.3) is 0 Å². The average molecular weight is 200 g/mol. The first-order valence-corrected chi connectivity index (χ1v) is 5.82. The Bertz CT molecular complexity index is 163. The van der Waals surface area contributed by atoms with Gasteiger partial charge in [-0.15, -0.1) is 0 Å². The molecule has 0 bridgehead atoms. The summed E-state index contributed by atoms with van der Waals surface area (Å²) in [5.41, 5.74) is 6.08. The third-order valence-electron chi connectivity index (χ3n) is 3.33. The molecule has 0 aliphatic carbocycles. The van der Waals surface area contributed by atoms with Crippen LogP contribution in [0.4, 0.5) is 0 Å². The molecule has 14 heavy (non-hydrogen) atoms. The van der Waals surface area contributed by atoms with Gasteiger partial charge in [0.2, 0.25) is 0 Å². The number of aliphatic hydroxyl groups excluding tert-OH is 1. The minimum absolute atomic E-state index is 0.130. The van der Waals surface area contributed by atoms with Gasteiger partial charge in [0.1, 0.15) is 0 Å². The molecule has 3 heteroatoms. The molecule has 84 valence electrons. The van der Waals surface area contributed by atoms with E-state index < -0.39 is 0 Å². The molecule has 0 aromatic carbocycles. The van der Waals surface area contributed by atoms with E-state index in [1.807, 2.05) is 0 Å². The fraction of sp³-hybridized carbons (Fsp3) is 1.00. The molecular weight excluding hydrogens is 176 g/mol. The molecule has 3 unspecified atom stereocenters. The molecule has 3 N–H and O–H groups in total. The second-order valence-corrected chi connectivity index (χ2v) is 4.43. The highest BCUT2D eigenvalue weighted by Gasteiger charge is 2.30. The molecule has 1 saturated heterocycles. The number of nitrogens with zero attached hydrogens (tertiary/aromatic N) is 1. The molecule has 0 spiro atoms. The molecule has 1 aliphatic heterocycles. The predicted octanol–water partition coefficient (Wildman–Crippen LogP) is 0.959. The molecule has 0 amide bonds. The van der Waals surface area contributed by atoms with Gasteiger partial charge in [-0.3, -0.25) is 4.90 Å². The third-order valence-corrected chi connectivity index (χ3v) is 3.33. The van der Waals surface area contributed by atoms with Gasteiger partial charge in [-0.05, 0) is 32.7 Å². The highest BCUT2D eigenvalue weighted by atomic mass is 16.3. The monoisotopic (exact) mass is 200 g/mol. The van der Waals surface area contributed by atoms with E-state index in [0.717, 1.165) is 19.4 Å². The second-order valence-electron chi connectivity index (χ2n) is 4.43. The maximum atomic E-state index is 9.38. The maximum Gasteiger partial charge on any atom is 0.0602 e. The first-order valence-electron chi connectivity index (χ1n) is 5.82. The van der Waals surface area contributed by atoms with Crippen LogP contribution < -0.4 is 5.73 Å². The Hall–Kier alpha value is -0.120. The third kappa shape index (κ3) is 2.69. The van der Waals surface area contributed by atoms with Crippen molar-refractivity contribution in [1.82, 2.24) is 4.90 Å². The zero-order chi connectivity index (χ0) is 10.6. The smallest absolute Gasteiger partial charge is 0.0602 e. The van der Waals surface area contributed by atoms with Gasteiger partial charge in [0, 0.05) is 18.1 Å². The van der Waals surface area contributed by atoms with Crippen LogP contribution in [-0.4, -0.2) is 41.3 Å². The van der Waals surface area contributed by atoms with Gasteiger partial charge in [0.25, 0.3) is 0 Å². The van der Waals surface area contributed by atoms with Crippen LogP contribution in [0.1, 0.15) is 39.5 Å². The predicted molar refractivity (Wildman–Crippen MR) is 59.2 cm³/mol. The topological polar surface area (TPSA) is 49.5 Å². The van der Waals surface area contributed by atoms with E-state index in [0.29, 0.717) is 6.04 Å². The molecule has 0 aromatic heterocycles.